The lowest BCUT2D eigenvalue weighted by atomic mass is 10.0. The zero-order chi connectivity index (χ0) is 11.4. The number of benzene rings is 1. The number of hydrogen-bond acceptors (Lipinski definition) is 4. The van der Waals surface area contributed by atoms with Gasteiger partial charge < -0.3 is 11.5 Å². The van der Waals surface area contributed by atoms with Crippen molar-refractivity contribution >= 4 is 11.4 Å². The minimum Gasteiger partial charge on any atom is -0.399 e. The molecule has 0 saturated carbocycles. The molecule has 16 heavy (non-hydrogen) atoms. The Hall–Kier alpha value is -2.10. The maximum atomic E-state index is 5.87. The van der Waals surface area contributed by atoms with Gasteiger partial charge in [-0.15, -0.1) is 0 Å². The van der Waals surface area contributed by atoms with Crippen molar-refractivity contribution in [1.29, 1.82) is 0 Å². The first-order valence-corrected chi connectivity index (χ1v) is 5.13. The van der Waals surface area contributed by atoms with E-state index in [0.717, 1.165) is 29.7 Å². The van der Waals surface area contributed by atoms with E-state index in [2.05, 4.69) is 9.97 Å². The number of anilines is 2. The van der Waals surface area contributed by atoms with Crippen molar-refractivity contribution in [3.63, 3.8) is 0 Å². The second-order valence-electron chi connectivity index (χ2n) is 3.70. The Kier molecular flexibility index (Phi) is 3.00. The molecule has 2 aromatic rings. The van der Waals surface area contributed by atoms with E-state index in [0.29, 0.717) is 5.69 Å². The molecule has 4 nitrogen and oxygen atoms in total. The summed E-state index contributed by atoms with van der Waals surface area (Å²) in [6, 6.07) is 5.62. The Morgan fingerprint density at radius 3 is 2.44 bits per heavy atom. The molecule has 1 aromatic heterocycles. The van der Waals surface area contributed by atoms with E-state index in [1.807, 2.05) is 24.5 Å². The third kappa shape index (κ3) is 2.48. The number of nitrogens with two attached hydrogens (primary N) is 2. The molecule has 1 aromatic carbocycles. The van der Waals surface area contributed by atoms with E-state index < -0.39 is 0 Å². The summed E-state index contributed by atoms with van der Waals surface area (Å²) in [7, 11) is 0. The molecule has 0 aliphatic rings. The van der Waals surface area contributed by atoms with Crippen molar-refractivity contribution in [2.45, 2.75) is 12.8 Å². The van der Waals surface area contributed by atoms with E-state index in [-0.39, 0.29) is 0 Å². The highest BCUT2D eigenvalue weighted by atomic mass is 14.8. The summed E-state index contributed by atoms with van der Waals surface area (Å²) in [6.07, 6.45) is 6.93. The summed E-state index contributed by atoms with van der Waals surface area (Å²) in [5, 5.41) is 0. The van der Waals surface area contributed by atoms with Gasteiger partial charge in [0.25, 0.3) is 0 Å². The summed E-state index contributed by atoms with van der Waals surface area (Å²) in [4.78, 5) is 7.94. The molecule has 2 rings (SSSR count). The maximum absolute atomic E-state index is 5.87. The van der Waals surface area contributed by atoms with Crippen molar-refractivity contribution in [3.05, 3.63) is 48.0 Å². The molecule has 0 unspecified atom stereocenters. The fraction of sp³-hybridized carbons (Fsp3) is 0.167. The van der Waals surface area contributed by atoms with Crippen LogP contribution in [0, 0.1) is 0 Å². The van der Waals surface area contributed by atoms with E-state index in [1.165, 1.54) is 6.33 Å². The molecule has 0 radical (unpaired) electrons. The first-order valence-electron chi connectivity index (χ1n) is 5.13. The molecule has 0 spiro atoms. The van der Waals surface area contributed by atoms with Crippen LogP contribution in [0.2, 0.25) is 0 Å². The highest BCUT2D eigenvalue weighted by Crippen LogP contribution is 2.17. The number of aryl methyl sites for hydroxylation is 2. The van der Waals surface area contributed by atoms with Crippen LogP contribution in [-0.2, 0) is 12.8 Å². The number of aromatic nitrogens is 2. The van der Waals surface area contributed by atoms with Crippen molar-refractivity contribution in [3.8, 4) is 0 Å². The van der Waals surface area contributed by atoms with Gasteiger partial charge in [-0.25, -0.2) is 9.97 Å². The van der Waals surface area contributed by atoms with Gasteiger partial charge in [-0.2, -0.15) is 0 Å². The SMILES string of the molecule is Nc1ccc(CCc2cncnc2)c(N)c1. The van der Waals surface area contributed by atoms with Gasteiger partial charge in [-0.1, -0.05) is 6.07 Å². The third-order valence-corrected chi connectivity index (χ3v) is 2.47. The zero-order valence-corrected chi connectivity index (χ0v) is 8.93. The molecule has 0 saturated heterocycles. The molecule has 0 amide bonds. The molecule has 4 N–H and O–H groups in total. The van der Waals surface area contributed by atoms with Crippen LogP contribution in [0.5, 0.6) is 0 Å². The van der Waals surface area contributed by atoms with Crippen LogP contribution in [0.25, 0.3) is 0 Å². The van der Waals surface area contributed by atoms with Crippen LogP contribution in [0.1, 0.15) is 11.1 Å². The van der Waals surface area contributed by atoms with Gasteiger partial charge in [0.15, 0.2) is 0 Å². The van der Waals surface area contributed by atoms with Gasteiger partial charge in [0.05, 0.1) is 0 Å². The average Bonchev–Trinajstić information content (AvgIpc) is 2.29. The predicted octanol–water partition coefficient (Wildman–Crippen LogP) is 1.43. The Morgan fingerprint density at radius 1 is 1.00 bits per heavy atom. The summed E-state index contributed by atoms with van der Waals surface area (Å²) in [5.41, 5.74) is 15.2. The Balaban J connectivity index is 2.05. The average molecular weight is 214 g/mol. The number of hydrogen-bond donors (Lipinski definition) is 2. The number of nitrogens with zero attached hydrogens (tertiary/aromatic N) is 2. The van der Waals surface area contributed by atoms with Crippen LogP contribution in [0.15, 0.2) is 36.9 Å². The Morgan fingerprint density at radius 2 is 1.75 bits per heavy atom. The van der Waals surface area contributed by atoms with Gasteiger partial charge in [-0.3, -0.25) is 0 Å². The molecule has 0 fully saturated rings. The molecule has 1 heterocycles. The second-order valence-corrected chi connectivity index (χ2v) is 3.70. The zero-order valence-electron chi connectivity index (χ0n) is 8.93. The lowest BCUT2D eigenvalue weighted by Gasteiger charge is -2.06. The van der Waals surface area contributed by atoms with Gasteiger partial charge in [0.1, 0.15) is 6.33 Å². The summed E-state index contributed by atoms with van der Waals surface area (Å²) in [5.74, 6) is 0. The second kappa shape index (κ2) is 4.61. The summed E-state index contributed by atoms with van der Waals surface area (Å²) in [6.45, 7) is 0. The minimum atomic E-state index is 0.698. The lowest BCUT2D eigenvalue weighted by Crippen LogP contribution is -1.99. The smallest absolute Gasteiger partial charge is 0.115 e. The Bertz CT molecular complexity index is 468. The normalized spacial score (nSPS) is 10.2. The minimum absolute atomic E-state index is 0.698. The quantitative estimate of drug-likeness (QED) is 0.757. The molecule has 0 aliphatic heterocycles. The van der Waals surface area contributed by atoms with Crippen LogP contribution >= 0.6 is 0 Å². The maximum Gasteiger partial charge on any atom is 0.115 e. The van der Waals surface area contributed by atoms with Gasteiger partial charge >= 0.3 is 0 Å². The first-order chi connectivity index (χ1) is 7.75. The summed E-state index contributed by atoms with van der Waals surface area (Å²) < 4.78 is 0. The van der Waals surface area contributed by atoms with Gasteiger partial charge in [0.2, 0.25) is 0 Å². The largest absolute Gasteiger partial charge is 0.399 e. The lowest BCUT2D eigenvalue weighted by molar-refractivity contribution is 0.935. The molecule has 0 atom stereocenters. The highest BCUT2D eigenvalue weighted by molar-refractivity contribution is 5.56. The standard InChI is InChI=1S/C12H14N4/c13-11-4-3-10(12(14)5-11)2-1-9-6-15-8-16-7-9/h3-8H,1-2,13-14H2. The van der Waals surface area contributed by atoms with Crippen molar-refractivity contribution in [2.24, 2.45) is 0 Å². The molecule has 82 valence electrons. The highest BCUT2D eigenvalue weighted by Gasteiger charge is 2.00. The fourth-order valence-electron chi connectivity index (χ4n) is 1.58. The van der Waals surface area contributed by atoms with E-state index >= 15 is 0 Å². The van der Waals surface area contributed by atoms with Gasteiger partial charge in [0, 0.05) is 23.8 Å². The van der Waals surface area contributed by atoms with Crippen LogP contribution in [-0.4, -0.2) is 9.97 Å². The van der Waals surface area contributed by atoms with Gasteiger partial charge in [-0.05, 0) is 36.1 Å². The first kappa shape index (κ1) is 10.4. The molecular formula is C12H14N4. The monoisotopic (exact) mass is 214 g/mol. The Labute approximate surface area is 94.3 Å². The molecule has 0 bridgehead atoms. The number of nitrogen functional groups attached to an aromatic ring is 2. The molecule has 0 aliphatic carbocycles. The van der Waals surface area contributed by atoms with Crippen molar-refractivity contribution in [1.82, 2.24) is 9.97 Å². The van der Waals surface area contributed by atoms with Crippen molar-refractivity contribution in [2.75, 3.05) is 11.5 Å². The third-order valence-electron chi connectivity index (χ3n) is 2.47. The predicted molar refractivity (Wildman–Crippen MR) is 64.7 cm³/mol. The van der Waals surface area contributed by atoms with Crippen LogP contribution in [0.4, 0.5) is 11.4 Å². The molecule has 4 heteroatoms. The van der Waals surface area contributed by atoms with E-state index in [1.54, 1.807) is 6.07 Å². The summed E-state index contributed by atoms with van der Waals surface area (Å²) >= 11 is 0. The van der Waals surface area contributed by atoms with Crippen LogP contribution < -0.4 is 11.5 Å². The van der Waals surface area contributed by atoms with Crippen LogP contribution in [0.3, 0.4) is 0 Å². The topological polar surface area (TPSA) is 77.8 Å². The number of rotatable bonds is 3. The van der Waals surface area contributed by atoms with E-state index in [9.17, 15) is 0 Å². The fourth-order valence-corrected chi connectivity index (χ4v) is 1.58. The van der Waals surface area contributed by atoms with E-state index in [4.69, 9.17) is 11.5 Å². The molecular weight excluding hydrogens is 200 g/mol. The van der Waals surface area contributed by atoms with Crippen molar-refractivity contribution < 1.29 is 0 Å².